The maximum absolute atomic E-state index is 6.00. The molecular formula is C27H35N5. The molecule has 0 amide bonds. The lowest BCUT2D eigenvalue weighted by Crippen LogP contribution is -2.46. The molecule has 168 valence electrons. The summed E-state index contributed by atoms with van der Waals surface area (Å²) in [4.78, 5) is 9.40. The van der Waals surface area contributed by atoms with Crippen molar-refractivity contribution in [2.45, 2.75) is 44.9 Å². The van der Waals surface area contributed by atoms with Crippen LogP contribution in [-0.2, 0) is 13.1 Å². The molecule has 0 unspecified atom stereocenters. The number of nitrogens with zero attached hydrogens (tertiary/aromatic N) is 3. The van der Waals surface area contributed by atoms with Gasteiger partial charge >= 0.3 is 0 Å². The second kappa shape index (κ2) is 11.1. The highest BCUT2D eigenvalue weighted by Crippen LogP contribution is 2.21. The number of nitrogen functional groups attached to an aromatic ring is 1. The molecule has 1 aromatic heterocycles. The molecule has 0 aliphatic carbocycles. The van der Waals surface area contributed by atoms with Crippen LogP contribution in [0, 0.1) is 0 Å². The number of hydrogen-bond acceptors (Lipinski definition) is 5. The third kappa shape index (κ3) is 6.31. The number of benzene rings is 2. The SMILES string of the molecule is C[C@@H](CN1CCC(Nc2cccnc2N)CC1)N(Cc1ccccc1)Cc1ccccc1. The van der Waals surface area contributed by atoms with Crippen molar-refractivity contribution >= 4 is 11.5 Å². The van der Waals surface area contributed by atoms with Crippen LogP contribution in [0.1, 0.15) is 30.9 Å². The Kier molecular flexibility index (Phi) is 7.75. The highest BCUT2D eigenvalue weighted by Gasteiger charge is 2.23. The van der Waals surface area contributed by atoms with Crippen molar-refractivity contribution in [3.8, 4) is 0 Å². The van der Waals surface area contributed by atoms with Gasteiger partial charge in [0.1, 0.15) is 5.82 Å². The van der Waals surface area contributed by atoms with E-state index in [1.807, 2.05) is 12.1 Å². The van der Waals surface area contributed by atoms with E-state index in [1.54, 1.807) is 6.20 Å². The van der Waals surface area contributed by atoms with Gasteiger partial charge in [0.2, 0.25) is 0 Å². The van der Waals surface area contributed by atoms with Gasteiger partial charge in [-0.1, -0.05) is 60.7 Å². The van der Waals surface area contributed by atoms with E-state index in [4.69, 9.17) is 5.73 Å². The zero-order valence-electron chi connectivity index (χ0n) is 19.0. The van der Waals surface area contributed by atoms with Gasteiger partial charge in [0.05, 0.1) is 5.69 Å². The summed E-state index contributed by atoms with van der Waals surface area (Å²) in [5.74, 6) is 0.584. The Morgan fingerprint density at radius 2 is 1.53 bits per heavy atom. The van der Waals surface area contributed by atoms with Crippen molar-refractivity contribution in [2.24, 2.45) is 0 Å². The number of nitrogens with one attached hydrogen (secondary N) is 1. The van der Waals surface area contributed by atoms with Crippen LogP contribution in [0.4, 0.5) is 11.5 Å². The summed E-state index contributed by atoms with van der Waals surface area (Å²) in [5, 5.41) is 3.59. The number of nitrogens with two attached hydrogens (primary N) is 1. The van der Waals surface area contributed by atoms with Gasteiger partial charge in [-0.05, 0) is 43.0 Å². The van der Waals surface area contributed by atoms with E-state index in [9.17, 15) is 0 Å². The first kappa shape index (κ1) is 22.3. The number of hydrogen-bond donors (Lipinski definition) is 2. The number of anilines is 2. The van der Waals surface area contributed by atoms with Crippen LogP contribution in [0.5, 0.6) is 0 Å². The van der Waals surface area contributed by atoms with E-state index in [-0.39, 0.29) is 0 Å². The lowest BCUT2D eigenvalue weighted by Gasteiger charge is -2.37. The smallest absolute Gasteiger partial charge is 0.146 e. The maximum Gasteiger partial charge on any atom is 0.146 e. The second-order valence-corrected chi connectivity index (χ2v) is 8.88. The molecule has 3 N–H and O–H groups in total. The van der Waals surface area contributed by atoms with Crippen LogP contribution < -0.4 is 11.1 Å². The van der Waals surface area contributed by atoms with Gasteiger partial charge < -0.3 is 16.0 Å². The minimum absolute atomic E-state index is 0.456. The minimum atomic E-state index is 0.456. The second-order valence-electron chi connectivity index (χ2n) is 8.88. The molecule has 4 rings (SSSR count). The Morgan fingerprint density at radius 3 is 2.09 bits per heavy atom. The molecule has 1 fully saturated rings. The molecule has 32 heavy (non-hydrogen) atoms. The number of pyridine rings is 1. The summed E-state index contributed by atoms with van der Waals surface area (Å²) in [5.41, 5.74) is 9.69. The van der Waals surface area contributed by atoms with Crippen molar-refractivity contribution in [2.75, 3.05) is 30.7 Å². The van der Waals surface area contributed by atoms with Crippen LogP contribution in [-0.4, -0.2) is 46.5 Å². The number of piperidine rings is 1. The first-order valence-corrected chi connectivity index (χ1v) is 11.7. The average Bonchev–Trinajstić information content (AvgIpc) is 2.83. The third-order valence-corrected chi connectivity index (χ3v) is 6.39. The van der Waals surface area contributed by atoms with Gasteiger partial charge in [-0.2, -0.15) is 0 Å². The van der Waals surface area contributed by atoms with E-state index < -0.39 is 0 Å². The fraction of sp³-hybridized carbons (Fsp3) is 0.370. The Balaban J connectivity index is 1.33. The monoisotopic (exact) mass is 429 g/mol. The fourth-order valence-electron chi connectivity index (χ4n) is 4.51. The van der Waals surface area contributed by atoms with Gasteiger partial charge in [0.25, 0.3) is 0 Å². The van der Waals surface area contributed by atoms with E-state index in [0.717, 1.165) is 51.3 Å². The molecule has 1 saturated heterocycles. The standard InChI is InChI=1S/C27H35N5/c1-22(19-31-17-14-25(15-18-31)30-26-13-8-16-29-27(26)28)32(20-23-9-4-2-5-10-23)21-24-11-6-3-7-12-24/h2-13,16,22,25,30H,14-15,17-21H2,1H3,(H2,28,29)/t22-/m0/s1. The summed E-state index contributed by atoms with van der Waals surface area (Å²) in [6, 6.07) is 26.5. The molecule has 0 spiro atoms. The fourth-order valence-corrected chi connectivity index (χ4v) is 4.51. The molecule has 5 nitrogen and oxygen atoms in total. The third-order valence-electron chi connectivity index (χ3n) is 6.39. The van der Waals surface area contributed by atoms with Gasteiger partial charge in [-0.3, -0.25) is 4.90 Å². The maximum atomic E-state index is 6.00. The van der Waals surface area contributed by atoms with Crippen LogP contribution in [0.25, 0.3) is 0 Å². The molecule has 0 radical (unpaired) electrons. The molecule has 3 aromatic rings. The van der Waals surface area contributed by atoms with Crippen molar-refractivity contribution in [1.82, 2.24) is 14.8 Å². The predicted molar refractivity (Wildman–Crippen MR) is 133 cm³/mol. The quantitative estimate of drug-likeness (QED) is 0.519. The Labute approximate surface area is 192 Å². The number of likely N-dealkylation sites (tertiary alicyclic amines) is 1. The van der Waals surface area contributed by atoms with E-state index in [1.165, 1.54) is 11.1 Å². The normalized spacial score (nSPS) is 16.2. The molecule has 5 heteroatoms. The summed E-state index contributed by atoms with van der Waals surface area (Å²) in [6.07, 6.45) is 3.98. The Bertz CT molecular complexity index is 897. The summed E-state index contributed by atoms with van der Waals surface area (Å²) < 4.78 is 0. The Morgan fingerprint density at radius 1 is 0.938 bits per heavy atom. The van der Waals surface area contributed by atoms with Crippen LogP contribution in [0.15, 0.2) is 79.0 Å². The zero-order valence-corrected chi connectivity index (χ0v) is 19.0. The highest BCUT2D eigenvalue weighted by molar-refractivity contribution is 5.61. The van der Waals surface area contributed by atoms with Gasteiger partial charge in [0, 0.05) is 51.0 Å². The molecule has 0 bridgehead atoms. The first-order valence-electron chi connectivity index (χ1n) is 11.7. The van der Waals surface area contributed by atoms with Crippen LogP contribution in [0.3, 0.4) is 0 Å². The highest BCUT2D eigenvalue weighted by atomic mass is 15.2. The van der Waals surface area contributed by atoms with Crippen molar-refractivity contribution in [3.63, 3.8) is 0 Å². The van der Waals surface area contributed by atoms with Crippen molar-refractivity contribution in [1.29, 1.82) is 0 Å². The average molecular weight is 430 g/mol. The summed E-state index contributed by atoms with van der Waals surface area (Å²) in [6.45, 7) is 7.60. The predicted octanol–water partition coefficient (Wildman–Crippen LogP) is 4.63. The number of rotatable bonds is 9. The minimum Gasteiger partial charge on any atom is -0.382 e. The van der Waals surface area contributed by atoms with Crippen LogP contribution >= 0.6 is 0 Å². The lowest BCUT2D eigenvalue weighted by atomic mass is 10.0. The van der Waals surface area contributed by atoms with Crippen molar-refractivity contribution < 1.29 is 0 Å². The van der Waals surface area contributed by atoms with E-state index in [0.29, 0.717) is 17.9 Å². The number of aromatic nitrogens is 1. The van der Waals surface area contributed by atoms with E-state index in [2.05, 4.69) is 87.7 Å². The molecule has 1 atom stereocenters. The summed E-state index contributed by atoms with van der Waals surface area (Å²) >= 11 is 0. The largest absolute Gasteiger partial charge is 0.382 e. The molecule has 2 aromatic carbocycles. The molecular weight excluding hydrogens is 394 g/mol. The van der Waals surface area contributed by atoms with E-state index >= 15 is 0 Å². The molecule has 1 aliphatic rings. The Hall–Kier alpha value is -2.89. The van der Waals surface area contributed by atoms with Crippen LogP contribution in [0.2, 0.25) is 0 Å². The van der Waals surface area contributed by atoms with Crippen molar-refractivity contribution in [3.05, 3.63) is 90.1 Å². The molecule has 2 heterocycles. The first-order chi connectivity index (χ1) is 15.7. The van der Waals surface area contributed by atoms with Gasteiger partial charge in [0.15, 0.2) is 0 Å². The zero-order chi connectivity index (χ0) is 22.2. The summed E-state index contributed by atoms with van der Waals surface area (Å²) in [7, 11) is 0. The topological polar surface area (TPSA) is 57.4 Å². The molecule has 1 aliphatic heterocycles. The lowest BCUT2D eigenvalue weighted by molar-refractivity contribution is 0.120. The van der Waals surface area contributed by atoms with Gasteiger partial charge in [-0.25, -0.2) is 4.98 Å². The molecule has 0 saturated carbocycles. The van der Waals surface area contributed by atoms with Gasteiger partial charge in [-0.15, -0.1) is 0 Å².